The van der Waals surface area contributed by atoms with Gasteiger partial charge in [-0.25, -0.2) is 4.79 Å². The summed E-state index contributed by atoms with van der Waals surface area (Å²) < 4.78 is 10.7. The van der Waals surface area contributed by atoms with E-state index in [0.717, 1.165) is 11.3 Å². The van der Waals surface area contributed by atoms with Crippen LogP contribution in [0.1, 0.15) is 26.3 Å². The molecule has 1 unspecified atom stereocenters. The Bertz CT molecular complexity index is 773. The second kappa shape index (κ2) is 10.2. The van der Waals surface area contributed by atoms with Crippen molar-refractivity contribution in [2.45, 2.75) is 39.5 Å². The second-order valence-corrected chi connectivity index (χ2v) is 6.60. The minimum atomic E-state index is -0.630. The first-order valence-corrected chi connectivity index (χ1v) is 9.12. The zero-order chi connectivity index (χ0) is 20.5. The molecule has 0 aromatic heterocycles. The molecule has 7 heteroatoms. The van der Waals surface area contributed by atoms with E-state index < -0.39 is 6.10 Å². The zero-order valence-electron chi connectivity index (χ0n) is 16.6. The summed E-state index contributed by atoms with van der Waals surface area (Å²) in [5, 5.41) is 8.35. The normalized spacial score (nSPS) is 11.5. The molecule has 0 aliphatic carbocycles. The van der Waals surface area contributed by atoms with E-state index in [2.05, 4.69) is 16.0 Å². The summed E-state index contributed by atoms with van der Waals surface area (Å²) in [5.74, 6) is 1.11. The number of carbonyl (C=O) groups excluding carboxylic acids is 2. The number of methoxy groups -OCH3 is 1. The van der Waals surface area contributed by atoms with Gasteiger partial charge in [-0.3, -0.25) is 4.79 Å². The lowest BCUT2D eigenvalue weighted by molar-refractivity contribution is -0.127. The lowest BCUT2D eigenvalue weighted by atomic mass is 10.2. The third kappa shape index (κ3) is 6.83. The lowest BCUT2D eigenvalue weighted by Crippen LogP contribution is -2.35. The van der Waals surface area contributed by atoms with Crippen LogP contribution in [0.3, 0.4) is 0 Å². The molecule has 7 nitrogen and oxygen atoms in total. The van der Waals surface area contributed by atoms with Crippen molar-refractivity contribution in [3.8, 4) is 11.5 Å². The van der Waals surface area contributed by atoms with Crippen LogP contribution in [0.4, 0.5) is 10.5 Å². The van der Waals surface area contributed by atoms with Crippen LogP contribution < -0.4 is 25.4 Å². The molecule has 0 aliphatic heterocycles. The Labute approximate surface area is 165 Å². The summed E-state index contributed by atoms with van der Waals surface area (Å²) in [6.45, 7) is 5.85. The summed E-state index contributed by atoms with van der Waals surface area (Å²) in [4.78, 5) is 23.9. The van der Waals surface area contributed by atoms with Crippen LogP contribution in [-0.2, 0) is 11.3 Å². The Morgan fingerprint density at radius 3 is 2.11 bits per heavy atom. The topological polar surface area (TPSA) is 88.7 Å². The molecule has 0 bridgehead atoms. The van der Waals surface area contributed by atoms with E-state index in [0.29, 0.717) is 18.0 Å². The average molecular weight is 385 g/mol. The van der Waals surface area contributed by atoms with Crippen molar-refractivity contribution in [3.05, 3.63) is 54.1 Å². The molecule has 0 spiro atoms. The van der Waals surface area contributed by atoms with Gasteiger partial charge in [-0.15, -0.1) is 0 Å². The van der Waals surface area contributed by atoms with Gasteiger partial charge in [0.25, 0.3) is 5.91 Å². The number of nitrogens with one attached hydrogen (secondary N) is 3. The highest BCUT2D eigenvalue weighted by Gasteiger charge is 2.14. The quantitative estimate of drug-likeness (QED) is 0.650. The second-order valence-electron chi connectivity index (χ2n) is 6.60. The maximum Gasteiger partial charge on any atom is 0.319 e. The fourth-order valence-corrected chi connectivity index (χ4v) is 2.38. The first-order valence-electron chi connectivity index (χ1n) is 9.12. The van der Waals surface area contributed by atoms with Gasteiger partial charge in [0, 0.05) is 18.3 Å². The Kier molecular flexibility index (Phi) is 7.68. The molecule has 0 radical (unpaired) electrons. The van der Waals surface area contributed by atoms with Crippen LogP contribution in [0, 0.1) is 0 Å². The average Bonchev–Trinajstić information content (AvgIpc) is 2.67. The molecule has 3 amide bonds. The Morgan fingerprint density at radius 2 is 1.54 bits per heavy atom. The molecule has 0 aliphatic rings. The maximum atomic E-state index is 12.2. The van der Waals surface area contributed by atoms with E-state index in [9.17, 15) is 9.59 Å². The summed E-state index contributed by atoms with van der Waals surface area (Å²) in [6.07, 6.45) is -0.630. The molecular formula is C21H27N3O4. The molecule has 0 saturated heterocycles. The van der Waals surface area contributed by atoms with Crippen molar-refractivity contribution >= 4 is 17.6 Å². The number of hydrogen-bond donors (Lipinski definition) is 3. The van der Waals surface area contributed by atoms with E-state index in [-0.39, 0.29) is 18.0 Å². The van der Waals surface area contributed by atoms with Crippen LogP contribution in [0.5, 0.6) is 11.5 Å². The van der Waals surface area contributed by atoms with Crippen molar-refractivity contribution in [1.29, 1.82) is 0 Å². The number of rotatable bonds is 8. The fraction of sp³-hybridized carbons (Fsp3) is 0.333. The molecule has 0 saturated carbocycles. The first kappa shape index (κ1) is 21.1. The van der Waals surface area contributed by atoms with Crippen molar-refractivity contribution in [1.82, 2.24) is 10.6 Å². The number of amides is 3. The molecule has 150 valence electrons. The van der Waals surface area contributed by atoms with Gasteiger partial charge in [0.1, 0.15) is 11.5 Å². The smallest absolute Gasteiger partial charge is 0.319 e. The number of hydrogen-bond acceptors (Lipinski definition) is 4. The number of anilines is 1. The molecule has 3 N–H and O–H groups in total. The summed E-state index contributed by atoms with van der Waals surface area (Å²) in [6, 6.07) is 14.1. The number of ether oxygens (including phenoxy) is 2. The standard InChI is InChI=1S/C21H27N3O4/c1-14(2)23-21(26)24-17-7-5-16(6-8-17)13-22-20(25)15(3)28-19-11-9-18(27-4)10-12-19/h5-12,14-15H,13H2,1-4H3,(H,22,25)(H2,23,24,26). The first-order chi connectivity index (χ1) is 13.4. The van der Waals surface area contributed by atoms with Gasteiger partial charge < -0.3 is 25.4 Å². The van der Waals surface area contributed by atoms with Crippen LogP contribution in [0.2, 0.25) is 0 Å². The third-order valence-electron chi connectivity index (χ3n) is 3.84. The maximum absolute atomic E-state index is 12.2. The molecule has 0 heterocycles. The van der Waals surface area contributed by atoms with E-state index in [1.165, 1.54) is 0 Å². The van der Waals surface area contributed by atoms with E-state index in [1.54, 1.807) is 50.4 Å². The Morgan fingerprint density at radius 1 is 0.929 bits per heavy atom. The molecule has 2 rings (SSSR count). The Balaban J connectivity index is 1.80. The van der Waals surface area contributed by atoms with E-state index in [4.69, 9.17) is 9.47 Å². The highest BCUT2D eigenvalue weighted by molar-refractivity contribution is 5.89. The lowest BCUT2D eigenvalue weighted by Gasteiger charge is -2.15. The molecule has 28 heavy (non-hydrogen) atoms. The molecule has 1 atom stereocenters. The SMILES string of the molecule is COc1ccc(OC(C)C(=O)NCc2ccc(NC(=O)NC(C)C)cc2)cc1. The van der Waals surface area contributed by atoms with Gasteiger partial charge in [0.05, 0.1) is 7.11 Å². The van der Waals surface area contributed by atoms with Crippen LogP contribution in [-0.4, -0.2) is 31.2 Å². The van der Waals surface area contributed by atoms with Crippen molar-refractivity contribution in [3.63, 3.8) is 0 Å². The van der Waals surface area contributed by atoms with Crippen molar-refractivity contribution in [2.75, 3.05) is 12.4 Å². The molecule has 0 fully saturated rings. The zero-order valence-corrected chi connectivity index (χ0v) is 16.6. The van der Waals surface area contributed by atoms with Crippen molar-refractivity contribution < 1.29 is 19.1 Å². The van der Waals surface area contributed by atoms with Crippen LogP contribution >= 0.6 is 0 Å². The van der Waals surface area contributed by atoms with Crippen molar-refractivity contribution in [2.24, 2.45) is 0 Å². The predicted octanol–water partition coefficient (Wildman–Crippen LogP) is 3.31. The number of urea groups is 1. The van der Waals surface area contributed by atoms with Gasteiger partial charge in [-0.1, -0.05) is 12.1 Å². The minimum absolute atomic E-state index is 0.0663. The molecular weight excluding hydrogens is 358 g/mol. The highest BCUT2D eigenvalue weighted by Crippen LogP contribution is 2.18. The minimum Gasteiger partial charge on any atom is -0.497 e. The monoisotopic (exact) mass is 385 g/mol. The van der Waals surface area contributed by atoms with Gasteiger partial charge >= 0.3 is 6.03 Å². The van der Waals surface area contributed by atoms with Gasteiger partial charge in [0.15, 0.2) is 6.10 Å². The van der Waals surface area contributed by atoms with Gasteiger partial charge in [-0.05, 0) is 62.7 Å². The summed E-state index contributed by atoms with van der Waals surface area (Å²) in [7, 11) is 1.59. The predicted molar refractivity (Wildman–Crippen MR) is 109 cm³/mol. The summed E-state index contributed by atoms with van der Waals surface area (Å²) in [5.41, 5.74) is 1.60. The van der Waals surface area contributed by atoms with Gasteiger partial charge in [-0.2, -0.15) is 0 Å². The summed E-state index contributed by atoms with van der Waals surface area (Å²) >= 11 is 0. The fourth-order valence-electron chi connectivity index (χ4n) is 2.38. The third-order valence-corrected chi connectivity index (χ3v) is 3.84. The Hall–Kier alpha value is -3.22. The highest BCUT2D eigenvalue weighted by atomic mass is 16.5. The van der Waals surface area contributed by atoms with Gasteiger partial charge in [0.2, 0.25) is 0 Å². The largest absolute Gasteiger partial charge is 0.497 e. The van der Waals surface area contributed by atoms with E-state index in [1.807, 2.05) is 26.0 Å². The number of benzene rings is 2. The van der Waals surface area contributed by atoms with E-state index >= 15 is 0 Å². The molecule has 2 aromatic rings. The van der Waals surface area contributed by atoms with Crippen LogP contribution in [0.25, 0.3) is 0 Å². The molecule has 2 aromatic carbocycles. The number of carbonyl (C=O) groups is 2. The van der Waals surface area contributed by atoms with Crippen LogP contribution in [0.15, 0.2) is 48.5 Å².